The lowest BCUT2D eigenvalue weighted by atomic mass is 10.0. The lowest BCUT2D eigenvalue weighted by Crippen LogP contribution is -2.52. The molecular formula is C19H33N3O2S. The Hall–Kier alpha value is -0.950. The van der Waals surface area contributed by atoms with Gasteiger partial charge in [-0.1, -0.05) is 44.2 Å². The summed E-state index contributed by atoms with van der Waals surface area (Å²) in [5.74, 6) is 0.701. The maximum Gasteiger partial charge on any atom is 0.211 e. The van der Waals surface area contributed by atoms with Crippen LogP contribution in [0.3, 0.4) is 0 Å². The zero-order chi connectivity index (χ0) is 18.3. The lowest BCUT2D eigenvalue weighted by Gasteiger charge is -2.38. The second-order valence-electron chi connectivity index (χ2n) is 7.53. The smallest absolute Gasteiger partial charge is 0.211 e. The number of aryl methyl sites for hydroxylation is 1. The van der Waals surface area contributed by atoms with Gasteiger partial charge in [-0.05, 0) is 31.4 Å². The van der Waals surface area contributed by atoms with Crippen molar-refractivity contribution in [1.29, 1.82) is 0 Å². The number of likely N-dealkylation sites (N-methyl/N-ethyl adjacent to an activating group) is 1. The highest BCUT2D eigenvalue weighted by atomic mass is 32.2. The van der Waals surface area contributed by atoms with Crippen LogP contribution >= 0.6 is 0 Å². The molecule has 25 heavy (non-hydrogen) atoms. The molecule has 6 heteroatoms. The van der Waals surface area contributed by atoms with E-state index >= 15 is 0 Å². The topological polar surface area (TPSA) is 52.7 Å². The summed E-state index contributed by atoms with van der Waals surface area (Å²) in [4.78, 5) is 4.77. The first-order valence-electron chi connectivity index (χ1n) is 9.29. The number of hydrogen-bond acceptors (Lipinski definition) is 4. The third-order valence-corrected chi connectivity index (χ3v) is 6.19. The highest BCUT2D eigenvalue weighted by molar-refractivity contribution is 7.89. The maximum atomic E-state index is 12.4. The van der Waals surface area contributed by atoms with E-state index in [1.54, 1.807) is 0 Å². The Kier molecular flexibility index (Phi) is 7.87. The van der Waals surface area contributed by atoms with E-state index in [0.717, 1.165) is 38.2 Å². The number of nitrogens with zero attached hydrogens (tertiary/aromatic N) is 2. The van der Waals surface area contributed by atoms with Gasteiger partial charge >= 0.3 is 0 Å². The summed E-state index contributed by atoms with van der Waals surface area (Å²) in [5, 5.41) is 0. The molecule has 2 rings (SSSR count). The molecule has 1 N–H and O–H groups in total. The van der Waals surface area contributed by atoms with Gasteiger partial charge in [-0.3, -0.25) is 4.90 Å². The molecule has 1 atom stereocenters. The Labute approximate surface area is 153 Å². The zero-order valence-corrected chi connectivity index (χ0v) is 16.6. The monoisotopic (exact) mass is 367 g/mol. The Bertz CT molecular complexity index is 596. The molecule has 0 radical (unpaired) electrons. The molecule has 0 aliphatic carbocycles. The second-order valence-corrected chi connectivity index (χ2v) is 9.45. The first-order chi connectivity index (χ1) is 11.9. The van der Waals surface area contributed by atoms with Gasteiger partial charge in [-0.15, -0.1) is 0 Å². The van der Waals surface area contributed by atoms with Crippen LogP contribution < -0.4 is 4.72 Å². The van der Waals surface area contributed by atoms with E-state index in [1.807, 2.05) is 30.3 Å². The summed E-state index contributed by atoms with van der Waals surface area (Å²) in [6.45, 7) is 9.04. The van der Waals surface area contributed by atoms with Crippen molar-refractivity contribution in [2.24, 2.45) is 5.92 Å². The number of rotatable bonds is 9. The Balaban J connectivity index is 1.87. The van der Waals surface area contributed by atoms with E-state index in [0.29, 0.717) is 18.9 Å². The minimum atomic E-state index is -3.25. The van der Waals surface area contributed by atoms with Gasteiger partial charge in [0.1, 0.15) is 0 Å². The third-order valence-electron chi connectivity index (χ3n) is 4.84. The van der Waals surface area contributed by atoms with Crippen molar-refractivity contribution in [2.45, 2.75) is 32.7 Å². The standard InChI is InChI=1S/C19H33N3O2S/c1-17(2)15-19(22-12-10-21(3)11-13-22)16-20-25(23,24)14-9-18-7-5-4-6-8-18/h4-8,17,19-20H,9-16H2,1-3H3. The summed E-state index contributed by atoms with van der Waals surface area (Å²) in [7, 11) is -1.11. The summed E-state index contributed by atoms with van der Waals surface area (Å²) in [5.41, 5.74) is 1.06. The summed E-state index contributed by atoms with van der Waals surface area (Å²) >= 11 is 0. The van der Waals surface area contributed by atoms with Crippen molar-refractivity contribution in [3.05, 3.63) is 35.9 Å². The molecule has 0 bridgehead atoms. The average molecular weight is 368 g/mol. The Morgan fingerprint density at radius 3 is 2.32 bits per heavy atom. The second kappa shape index (κ2) is 9.67. The minimum absolute atomic E-state index is 0.147. The molecular weight excluding hydrogens is 334 g/mol. The maximum absolute atomic E-state index is 12.4. The fourth-order valence-electron chi connectivity index (χ4n) is 3.28. The molecule has 0 saturated carbocycles. The molecule has 142 valence electrons. The molecule has 1 saturated heterocycles. The highest BCUT2D eigenvalue weighted by Crippen LogP contribution is 2.14. The normalized spacial score (nSPS) is 18.6. The van der Waals surface area contributed by atoms with Crippen LogP contribution in [0.2, 0.25) is 0 Å². The van der Waals surface area contributed by atoms with Crippen LogP contribution in [-0.4, -0.2) is 69.8 Å². The van der Waals surface area contributed by atoms with Crippen LogP contribution in [0, 0.1) is 5.92 Å². The van der Waals surface area contributed by atoms with Crippen LogP contribution in [-0.2, 0) is 16.4 Å². The van der Waals surface area contributed by atoms with Crippen molar-refractivity contribution < 1.29 is 8.42 Å². The van der Waals surface area contributed by atoms with Crippen molar-refractivity contribution in [3.63, 3.8) is 0 Å². The first-order valence-corrected chi connectivity index (χ1v) is 10.9. The lowest BCUT2D eigenvalue weighted by molar-refractivity contribution is 0.102. The molecule has 1 fully saturated rings. The van der Waals surface area contributed by atoms with Gasteiger partial charge in [-0.2, -0.15) is 0 Å². The highest BCUT2D eigenvalue weighted by Gasteiger charge is 2.24. The fourth-order valence-corrected chi connectivity index (χ4v) is 4.38. The van der Waals surface area contributed by atoms with Crippen LogP contribution in [0.4, 0.5) is 0 Å². The first kappa shape index (κ1) is 20.4. The van der Waals surface area contributed by atoms with Crippen LogP contribution in [0.1, 0.15) is 25.8 Å². The van der Waals surface area contributed by atoms with Gasteiger partial charge in [0, 0.05) is 38.8 Å². The van der Waals surface area contributed by atoms with E-state index in [9.17, 15) is 8.42 Å². The predicted octanol–water partition coefficient (Wildman–Crippen LogP) is 1.81. The van der Waals surface area contributed by atoms with Gasteiger partial charge in [0.05, 0.1) is 5.75 Å². The van der Waals surface area contributed by atoms with Crippen molar-refractivity contribution in [1.82, 2.24) is 14.5 Å². The number of sulfonamides is 1. The number of benzene rings is 1. The average Bonchev–Trinajstić information content (AvgIpc) is 2.58. The quantitative estimate of drug-likeness (QED) is 0.723. The van der Waals surface area contributed by atoms with Gasteiger partial charge in [0.2, 0.25) is 10.0 Å². The largest absolute Gasteiger partial charge is 0.304 e. The number of piperazine rings is 1. The van der Waals surface area contributed by atoms with Gasteiger partial charge < -0.3 is 4.90 Å². The van der Waals surface area contributed by atoms with Crippen molar-refractivity contribution in [3.8, 4) is 0 Å². The van der Waals surface area contributed by atoms with Crippen LogP contribution in [0.5, 0.6) is 0 Å². The molecule has 5 nitrogen and oxygen atoms in total. The summed E-state index contributed by atoms with van der Waals surface area (Å²) in [6, 6.07) is 10.1. The van der Waals surface area contributed by atoms with Gasteiger partial charge in [-0.25, -0.2) is 13.1 Å². The fraction of sp³-hybridized carbons (Fsp3) is 0.684. The molecule has 1 aliphatic heterocycles. The van der Waals surface area contributed by atoms with E-state index in [2.05, 4.69) is 35.4 Å². The SMILES string of the molecule is CC(C)CC(CNS(=O)(=O)CCc1ccccc1)N1CCN(C)CC1. The molecule has 1 heterocycles. The molecule has 1 unspecified atom stereocenters. The molecule has 0 aromatic heterocycles. The third kappa shape index (κ3) is 7.44. The molecule has 1 aromatic rings. The molecule has 1 aromatic carbocycles. The number of hydrogen-bond donors (Lipinski definition) is 1. The van der Waals surface area contributed by atoms with E-state index in [1.165, 1.54) is 0 Å². The van der Waals surface area contributed by atoms with Crippen LogP contribution in [0.25, 0.3) is 0 Å². The van der Waals surface area contributed by atoms with Gasteiger partial charge in [0.15, 0.2) is 0 Å². The molecule has 1 aliphatic rings. The Morgan fingerprint density at radius 2 is 1.72 bits per heavy atom. The predicted molar refractivity (Wildman–Crippen MR) is 104 cm³/mol. The molecule has 0 spiro atoms. The molecule has 0 amide bonds. The van der Waals surface area contributed by atoms with E-state index < -0.39 is 10.0 Å². The van der Waals surface area contributed by atoms with E-state index in [-0.39, 0.29) is 11.8 Å². The van der Waals surface area contributed by atoms with Crippen molar-refractivity contribution in [2.75, 3.05) is 45.5 Å². The Morgan fingerprint density at radius 1 is 1.08 bits per heavy atom. The summed E-state index contributed by atoms with van der Waals surface area (Å²) < 4.78 is 27.6. The van der Waals surface area contributed by atoms with Crippen molar-refractivity contribution >= 4 is 10.0 Å². The zero-order valence-electron chi connectivity index (χ0n) is 15.8. The summed E-state index contributed by atoms with van der Waals surface area (Å²) in [6.07, 6.45) is 1.57. The minimum Gasteiger partial charge on any atom is -0.304 e. The number of nitrogens with one attached hydrogen (secondary N) is 1. The van der Waals surface area contributed by atoms with E-state index in [4.69, 9.17) is 0 Å². The van der Waals surface area contributed by atoms with Gasteiger partial charge in [0.25, 0.3) is 0 Å². The van der Waals surface area contributed by atoms with Crippen LogP contribution in [0.15, 0.2) is 30.3 Å².